The van der Waals surface area contributed by atoms with E-state index in [0.29, 0.717) is 10.6 Å². The second-order valence-corrected chi connectivity index (χ2v) is 8.27. The number of hydrogen-bond donors (Lipinski definition) is 3. The summed E-state index contributed by atoms with van der Waals surface area (Å²) in [5, 5.41) is 22.6. The van der Waals surface area contributed by atoms with Gasteiger partial charge in [0.25, 0.3) is 0 Å². The number of aromatic nitrogens is 3. The summed E-state index contributed by atoms with van der Waals surface area (Å²) in [4.78, 5) is 13.6. The summed E-state index contributed by atoms with van der Waals surface area (Å²) < 4.78 is 2.13. The molecule has 0 spiro atoms. The Hall–Kier alpha value is -1.51. The van der Waals surface area contributed by atoms with Crippen LogP contribution in [-0.4, -0.2) is 37.9 Å². The van der Waals surface area contributed by atoms with Gasteiger partial charge in [-0.3, -0.25) is 14.5 Å². The van der Waals surface area contributed by atoms with E-state index in [4.69, 9.17) is 12.2 Å². The number of nitrogens with one attached hydrogen (secondary N) is 2. The van der Waals surface area contributed by atoms with Crippen LogP contribution in [0, 0.1) is 10.7 Å². The Kier molecular flexibility index (Phi) is 5.41. The number of aliphatic hydroxyl groups is 1. The molecule has 2 atom stereocenters. The van der Waals surface area contributed by atoms with E-state index < -0.39 is 11.6 Å². The molecule has 2 heterocycles. The number of H-pyrrole nitrogens is 1. The molecule has 1 amide bonds. The maximum atomic E-state index is 12.6. The highest BCUT2D eigenvalue weighted by Gasteiger charge is 2.34. The van der Waals surface area contributed by atoms with Gasteiger partial charge in [0.2, 0.25) is 5.91 Å². The molecule has 0 unspecified atom stereocenters. The minimum Gasteiger partial charge on any atom is -0.388 e. The summed E-state index contributed by atoms with van der Waals surface area (Å²) >= 11 is 6.85. The second kappa shape index (κ2) is 7.39. The molecule has 25 heavy (non-hydrogen) atoms. The van der Waals surface area contributed by atoms with Crippen LogP contribution >= 0.6 is 23.6 Å². The first kappa shape index (κ1) is 18.3. The molecule has 2 aromatic rings. The van der Waals surface area contributed by atoms with Crippen LogP contribution in [0.1, 0.15) is 45.6 Å². The Morgan fingerprint density at radius 3 is 2.96 bits per heavy atom. The lowest BCUT2D eigenvalue weighted by molar-refractivity contribution is -0.125. The van der Waals surface area contributed by atoms with E-state index in [1.807, 2.05) is 24.4 Å². The lowest BCUT2D eigenvalue weighted by Gasteiger charge is -2.30. The molecule has 6 nitrogen and oxygen atoms in total. The lowest BCUT2D eigenvalue weighted by Crippen LogP contribution is -2.46. The van der Waals surface area contributed by atoms with E-state index in [-0.39, 0.29) is 18.4 Å². The number of carbonyl (C=O) groups is 1. The summed E-state index contributed by atoms with van der Waals surface area (Å²) in [5.41, 5.74) is -0.875. The third kappa shape index (κ3) is 3.86. The molecule has 0 bridgehead atoms. The Balaban J connectivity index is 1.71. The largest absolute Gasteiger partial charge is 0.388 e. The molecule has 0 radical (unpaired) electrons. The van der Waals surface area contributed by atoms with E-state index in [1.54, 1.807) is 22.8 Å². The highest BCUT2D eigenvalue weighted by atomic mass is 32.1. The van der Waals surface area contributed by atoms with Crippen LogP contribution in [0.3, 0.4) is 0 Å². The first-order valence-corrected chi connectivity index (χ1v) is 9.90. The molecule has 2 aromatic heterocycles. The number of thiophene rings is 1. The van der Waals surface area contributed by atoms with Crippen LogP contribution in [0.25, 0.3) is 10.7 Å². The minimum absolute atomic E-state index is 0.173. The van der Waals surface area contributed by atoms with Crippen molar-refractivity contribution in [1.82, 2.24) is 20.1 Å². The van der Waals surface area contributed by atoms with Crippen molar-refractivity contribution >= 4 is 29.5 Å². The van der Waals surface area contributed by atoms with Crippen LogP contribution in [0.15, 0.2) is 17.5 Å². The van der Waals surface area contributed by atoms with Crippen LogP contribution in [0.2, 0.25) is 0 Å². The van der Waals surface area contributed by atoms with Crippen LogP contribution < -0.4 is 5.32 Å². The van der Waals surface area contributed by atoms with Gasteiger partial charge in [0, 0.05) is 6.54 Å². The Morgan fingerprint density at radius 2 is 2.32 bits per heavy atom. The highest BCUT2D eigenvalue weighted by molar-refractivity contribution is 7.71. The minimum atomic E-state index is -0.875. The van der Waals surface area contributed by atoms with Crippen molar-refractivity contribution in [3.05, 3.63) is 22.3 Å². The number of carbonyl (C=O) groups excluding carboxylic acids is 1. The zero-order chi connectivity index (χ0) is 18.0. The molecule has 0 aliphatic heterocycles. The van der Waals surface area contributed by atoms with E-state index in [0.717, 1.165) is 30.6 Å². The average molecular weight is 381 g/mol. The summed E-state index contributed by atoms with van der Waals surface area (Å²) in [6.45, 7) is 3.86. The zero-order valence-electron chi connectivity index (χ0n) is 14.5. The Bertz CT molecular complexity index is 773. The number of hydrogen-bond acceptors (Lipinski definition) is 5. The molecular weight excluding hydrogens is 356 g/mol. The summed E-state index contributed by atoms with van der Waals surface area (Å²) in [7, 11) is 0. The van der Waals surface area contributed by atoms with Gasteiger partial charge < -0.3 is 10.4 Å². The molecule has 1 fully saturated rings. The summed E-state index contributed by atoms with van der Waals surface area (Å²) in [6.07, 6.45) is 4.35. The smallest absolute Gasteiger partial charge is 0.243 e. The molecule has 3 rings (SSSR count). The van der Waals surface area contributed by atoms with E-state index >= 15 is 0 Å². The van der Waals surface area contributed by atoms with Gasteiger partial charge in [-0.1, -0.05) is 18.9 Å². The van der Waals surface area contributed by atoms with Crippen molar-refractivity contribution in [3.8, 4) is 10.7 Å². The van der Waals surface area contributed by atoms with Gasteiger partial charge in [-0.05, 0) is 56.3 Å². The van der Waals surface area contributed by atoms with Crippen molar-refractivity contribution in [2.24, 2.45) is 5.92 Å². The SMILES string of the molecule is C[C@H](C(=O)NC[C@](C)(O)C1CCCC1)n1c(-c2cccs2)n[nH]c1=S. The van der Waals surface area contributed by atoms with Gasteiger partial charge in [0.15, 0.2) is 10.6 Å². The van der Waals surface area contributed by atoms with Crippen molar-refractivity contribution in [3.63, 3.8) is 0 Å². The van der Waals surface area contributed by atoms with Crippen molar-refractivity contribution in [2.75, 3.05) is 6.54 Å². The molecule has 0 aromatic carbocycles. The predicted octanol–water partition coefficient (Wildman–Crippen LogP) is 3.29. The molecular formula is C17H24N4O2S2. The van der Waals surface area contributed by atoms with Crippen molar-refractivity contribution in [2.45, 2.75) is 51.2 Å². The monoisotopic (exact) mass is 380 g/mol. The van der Waals surface area contributed by atoms with Crippen molar-refractivity contribution in [1.29, 1.82) is 0 Å². The van der Waals surface area contributed by atoms with Crippen LogP contribution in [0.4, 0.5) is 0 Å². The molecule has 136 valence electrons. The van der Waals surface area contributed by atoms with Gasteiger partial charge in [-0.2, -0.15) is 5.10 Å². The van der Waals surface area contributed by atoms with Gasteiger partial charge in [0.1, 0.15) is 6.04 Å². The third-order valence-electron chi connectivity index (χ3n) is 5.07. The fourth-order valence-corrected chi connectivity index (χ4v) is 4.47. The fraction of sp³-hybridized carbons (Fsp3) is 0.588. The first-order chi connectivity index (χ1) is 11.9. The number of nitrogens with zero attached hydrogens (tertiary/aromatic N) is 2. The molecule has 1 aliphatic carbocycles. The van der Waals surface area contributed by atoms with Gasteiger partial charge in [-0.15, -0.1) is 11.3 Å². The second-order valence-electron chi connectivity index (χ2n) is 6.93. The summed E-state index contributed by atoms with van der Waals surface area (Å²) in [5.74, 6) is 0.736. The predicted molar refractivity (Wildman–Crippen MR) is 101 cm³/mol. The van der Waals surface area contributed by atoms with E-state index in [1.165, 1.54) is 0 Å². The zero-order valence-corrected chi connectivity index (χ0v) is 16.1. The van der Waals surface area contributed by atoms with E-state index in [9.17, 15) is 9.90 Å². The standard InChI is InChI=1S/C17H24N4O2S2/c1-11(15(22)18-10-17(2,23)12-6-3-4-7-12)21-14(19-20-16(21)24)13-8-5-9-25-13/h5,8-9,11-12,23H,3-4,6-7,10H2,1-2H3,(H,18,22)(H,20,24)/t11-,17+/m1/s1. The maximum absolute atomic E-state index is 12.6. The molecule has 0 saturated heterocycles. The van der Waals surface area contributed by atoms with Gasteiger partial charge >= 0.3 is 0 Å². The fourth-order valence-electron chi connectivity index (χ4n) is 3.47. The maximum Gasteiger partial charge on any atom is 0.243 e. The van der Waals surface area contributed by atoms with Gasteiger partial charge in [-0.25, -0.2) is 0 Å². The van der Waals surface area contributed by atoms with E-state index in [2.05, 4.69) is 15.5 Å². The topological polar surface area (TPSA) is 82.9 Å². The number of rotatable bonds is 6. The third-order valence-corrected chi connectivity index (χ3v) is 6.22. The van der Waals surface area contributed by atoms with Gasteiger partial charge in [0.05, 0.1) is 10.5 Å². The molecule has 1 saturated carbocycles. The van der Waals surface area contributed by atoms with Crippen LogP contribution in [0.5, 0.6) is 0 Å². The quantitative estimate of drug-likeness (QED) is 0.672. The van der Waals surface area contributed by atoms with Crippen LogP contribution in [-0.2, 0) is 4.79 Å². The normalized spacial score (nSPS) is 18.8. The van der Waals surface area contributed by atoms with Crippen molar-refractivity contribution < 1.29 is 9.90 Å². The first-order valence-electron chi connectivity index (χ1n) is 8.61. The Labute approximate surface area is 156 Å². The Morgan fingerprint density at radius 1 is 1.60 bits per heavy atom. The molecule has 1 aliphatic rings. The lowest BCUT2D eigenvalue weighted by atomic mass is 9.87. The number of amides is 1. The number of aromatic amines is 1. The molecule has 8 heteroatoms. The molecule has 3 N–H and O–H groups in total. The highest BCUT2D eigenvalue weighted by Crippen LogP contribution is 2.33. The average Bonchev–Trinajstić information content (AvgIpc) is 3.32. The summed E-state index contributed by atoms with van der Waals surface area (Å²) in [6, 6.07) is 3.37.